The maximum Gasteiger partial charge on any atom is 0.146 e. The average Bonchev–Trinajstić information content (AvgIpc) is 3.13. The highest BCUT2D eigenvalue weighted by atomic mass is 79.9. The molecule has 0 unspecified atom stereocenters. The minimum absolute atomic E-state index is 0.0366. The third kappa shape index (κ3) is 2.70. The van der Waals surface area contributed by atoms with Gasteiger partial charge in [0.15, 0.2) is 0 Å². The highest BCUT2D eigenvalue weighted by molar-refractivity contribution is 9.10. The molecule has 122 valence electrons. The summed E-state index contributed by atoms with van der Waals surface area (Å²) in [6.07, 6.45) is 4.14. The van der Waals surface area contributed by atoms with E-state index < -0.39 is 0 Å². The Morgan fingerprint density at radius 1 is 0.958 bits per heavy atom. The van der Waals surface area contributed by atoms with Crippen molar-refractivity contribution in [3.63, 3.8) is 0 Å². The molecule has 0 saturated carbocycles. The van der Waals surface area contributed by atoms with Crippen molar-refractivity contribution in [1.82, 2.24) is 9.88 Å². The Hall–Kier alpha value is -1.91. The van der Waals surface area contributed by atoms with Crippen molar-refractivity contribution in [1.29, 1.82) is 0 Å². The molecule has 4 rings (SSSR count). The summed E-state index contributed by atoms with van der Waals surface area (Å²) in [7, 11) is 0. The molecule has 3 aromatic rings. The number of aromatic hydroxyl groups is 1. The van der Waals surface area contributed by atoms with Gasteiger partial charge in [-0.3, -0.25) is 9.88 Å². The number of hydrogen-bond acceptors (Lipinski definition) is 3. The molecule has 1 aromatic heterocycles. The van der Waals surface area contributed by atoms with E-state index in [9.17, 15) is 5.11 Å². The zero-order valence-electron chi connectivity index (χ0n) is 13.3. The van der Waals surface area contributed by atoms with Crippen molar-refractivity contribution in [3.8, 4) is 5.75 Å². The number of phenolic OH excluding ortho intramolecular Hbond substituents is 1. The van der Waals surface area contributed by atoms with Gasteiger partial charge in [-0.2, -0.15) is 0 Å². The van der Waals surface area contributed by atoms with E-state index in [0.717, 1.165) is 28.5 Å². The number of halogens is 1. The maximum atomic E-state index is 10.9. The van der Waals surface area contributed by atoms with Crippen LogP contribution in [0.4, 0.5) is 0 Å². The monoisotopic (exact) mass is 382 g/mol. The van der Waals surface area contributed by atoms with Gasteiger partial charge >= 0.3 is 0 Å². The predicted molar refractivity (Wildman–Crippen MR) is 100 cm³/mol. The molecular weight excluding hydrogens is 364 g/mol. The van der Waals surface area contributed by atoms with E-state index in [2.05, 4.69) is 50.1 Å². The quantitative estimate of drug-likeness (QED) is 0.700. The van der Waals surface area contributed by atoms with Crippen LogP contribution in [0.25, 0.3) is 10.9 Å². The van der Waals surface area contributed by atoms with E-state index in [-0.39, 0.29) is 6.04 Å². The molecule has 1 N–H and O–H groups in total. The van der Waals surface area contributed by atoms with Gasteiger partial charge in [0.1, 0.15) is 11.3 Å². The lowest BCUT2D eigenvalue weighted by molar-refractivity contribution is 0.275. The summed E-state index contributed by atoms with van der Waals surface area (Å²) in [5.74, 6) is 0.292. The number of benzene rings is 2. The van der Waals surface area contributed by atoms with Crippen LogP contribution in [0.1, 0.15) is 30.0 Å². The van der Waals surface area contributed by atoms with Crippen LogP contribution in [0.5, 0.6) is 5.75 Å². The number of nitrogens with zero attached hydrogens (tertiary/aromatic N) is 2. The SMILES string of the molecule is Oc1c([C@@H](c2ccccc2Br)N2CCCC2)ccc2cccnc12. The molecule has 2 heterocycles. The first-order valence-electron chi connectivity index (χ1n) is 8.31. The molecule has 0 spiro atoms. The van der Waals surface area contributed by atoms with Gasteiger partial charge in [0.25, 0.3) is 0 Å². The Balaban J connectivity index is 1.91. The molecule has 0 radical (unpaired) electrons. The second-order valence-corrected chi connectivity index (χ2v) is 7.10. The van der Waals surface area contributed by atoms with Crippen LogP contribution in [0.3, 0.4) is 0 Å². The molecule has 1 fully saturated rings. The number of hydrogen-bond donors (Lipinski definition) is 1. The second kappa shape index (κ2) is 6.54. The molecule has 0 amide bonds. The lowest BCUT2D eigenvalue weighted by Gasteiger charge is -2.30. The Morgan fingerprint density at radius 2 is 1.75 bits per heavy atom. The van der Waals surface area contributed by atoms with E-state index in [0.29, 0.717) is 11.3 Å². The fourth-order valence-corrected chi connectivity index (χ4v) is 4.13. The van der Waals surface area contributed by atoms with Crippen LogP contribution < -0.4 is 0 Å². The van der Waals surface area contributed by atoms with Crippen molar-refractivity contribution < 1.29 is 5.11 Å². The zero-order chi connectivity index (χ0) is 16.5. The highest BCUT2D eigenvalue weighted by Gasteiger charge is 2.29. The predicted octanol–water partition coefficient (Wildman–Crippen LogP) is 4.89. The lowest BCUT2D eigenvalue weighted by atomic mass is 9.95. The molecule has 1 saturated heterocycles. The fraction of sp³-hybridized carbons (Fsp3) is 0.250. The van der Waals surface area contributed by atoms with Crippen LogP contribution in [0.15, 0.2) is 59.2 Å². The standard InChI is InChI=1S/C20H19BrN2O/c21-17-8-2-1-7-15(17)19(23-12-3-4-13-23)16-10-9-14-6-5-11-22-18(14)20(16)24/h1-2,5-11,19,24H,3-4,12-13H2/t19-/m1/s1. The van der Waals surface area contributed by atoms with Crippen molar-refractivity contribution in [2.75, 3.05) is 13.1 Å². The summed E-state index contributed by atoms with van der Waals surface area (Å²) in [5, 5.41) is 11.9. The van der Waals surface area contributed by atoms with Crippen molar-refractivity contribution >= 4 is 26.8 Å². The van der Waals surface area contributed by atoms with Gasteiger partial charge in [-0.15, -0.1) is 0 Å². The van der Waals surface area contributed by atoms with Gasteiger partial charge in [0, 0.05) is 21.6 Å². The molecule has 2 aromatic carbocycles. The van der Waals surface area contributed by atoms with Crippen LogP contribution >= 0.6 is 15.9 Å². The van der Waals surface area contributed by atoms with E-state index in [1.54, 1.807) is 6.20 Å². The third-order valence-corrected chi connectivity index (χ3v) is 5.50. The molecule has 4 heteroatoms. The van der Waals surface area contributed by atoms with Crippen LogP contribution in [0, 0.1) is 0 Å². The molecule has 1 aliphatic rings. The van der Waals surface area contributed by atoms with Crippen LogP contribution in [-0.4, -0.2) is 28.1 Å². The van der Waals surface area contributed by atoms with E-state index in [4.69, 9.17) is 0 Å². The Labute approximate surface area is 150 Å². The maximum absolute atomic E-state index is 10.9. The summed E-state index contributed by atoms with van der Waals surface area (Å²) in [6.45, 7) is 2.09. The molecular formula is C20H19BrN2O. The van der Waals surface area contributed by atoms with Gasteiger partial charge in [-0.1, -0.05) is 52.3 Å². The van der Waals surface area contributed by atoms with Crippen LogP contribution in [-0.2, 0) is 0 Å². The molecule has 3 nitrogen and oxygen atoms in total. The minimum Gasteiger partial charge on any atom is -0.505 e. The summed E-state index contributed by atoms with van der Waals surface area (Å²) in [6, 6.07) is 16.3. The summed E-state index contributed by atoms with van der Waals surface area (Å²) in [5.41, 5.74) is 2.78. The van der Waals surface area contributed by atoms with Gasteiger partial charge in [-0.25, -0.2) is 0 Å². The fourth-order valence-electron chi connectivity index (χ4n) is 3.62. The van der Waals surface area contributed by atoms with Gasteiger partial charge in [0.05, 0.1) is 6.04 Å². The Morgan fingerprint density at radius 3 is 2.54 bits per heavy atom. The summed E-state index contributed by atoms with van der Waals surface area (Å²) >= 11 is 3.69. The number of phenols is 1. The minimum atomic E-state index is 0.0366. The zero-order valence-corrected chi connectivity index (χ0v) is 14.9. The van der Waals surface area contributed by atoms with E-state index >= 15 is 0 Å². The third-order valence-electron chi connectivity index (χ3n) is 4.78. The molecule has 24 heavy (non-hydrogen) atoms. The van der Waals surface area contributed by atoms with Crippen molar-refractivity contribution in [2.24, 2.45) is 0 Å². The molecule has 1 aliphatic heterocycles. The van der Waals surface area contributed by atoms with E-state index in [1.807, 2.05) is 24.3 Å². The summed E-state index contributed by atoms with van der Waals surface area (Å²) < 4.78 is 1.07. The Kier molecular flexibility index (Phi) is 4.25. The number of likely N-dealkylation sites (tertiary alicyclic amines) is 1. The van der Waals surface area contributed by atoms with Crippen molar-refractivity contribution in [2.45, 2.75) is 18.9 Å². The molecule has 0 aliphatic carbocycles. The van der Waals surface area contributed by atoms with Crippen molar-refractivity contribution in [3.05, 3.63) is 70.3 Å². The van der Waals surface area contributed by atoms with Gasteiger partial charge in [-0.05, 0) is 43.6 Å². The topological polar surface area (TPSA) is 36.4 Å². The first-order valence-corrected chi connectivity index (χ1v) is 9.10. The highest BCUT2D eigenvalue weighted by Crippen LogP contribution is 2.41. The number of fused-ring (bicyclic) bond motifs is 1. The number of pyridine rings is 1. The molecule has 1 atom stereocenters. The lowest BCUT2D eigenvalue weighted by Crippen LogP contribution is -2.27. The second-order valence-electron chi connectivity index (χ2n) is 6.25. The van der Waals surface area contributed by atoms with Gasteiger partial charge in [0.2, 0.25) is 0 Å². The number of rotatable bonds is 3. The normalized spacial score (nSPS) is 16.5. The molecule has 0 bridgehead atoms. The average molecular weight is 383 g/mol. The smallest absolute Gasteiger partial charge is 0.146 e. The first-order chi connectivity index (χ1) is 11.8. The summed E-state index contributed by atoms with van der Waals surface area (Å²) in [4.78, 5) is 6.83. The Bertz CT molecular complexity index is 874. The largest absolute Gasteiger partial charge is 0.505 e. The van der Waals surface area contributed by atoms with Crippen LogP contribution in [0.2, 0.25) is 0 Å². The first kappa shape index (κ1) is 15.6. The van der Waals surface area contributed by atoms with E-state index in [1.165, 1.54) is 18.4 Å². The van der Waals surface area contributed by atoms with Gasteiger partial charge < -0.3 is 5.11 Å². The number of aromatic nitrogens is 1.